The number of fused-ring (bicyclic) bond motifs is 2. The summed E-state index contributed by atoms with van der Waals surface area (Å²) in [7, 11) is 0. The lowest BCUT2D eigenvalue weighted by molar-refractivity contribution is -0.143. The number of thiazole rings is 1. The van der Waals surface area contributed by atoms with E-state index < -0.39 is 11.9 Å². The third kappa shape index (κ3) is 3.85. The fourth-order valence-electron chi connectivity index (χ4n) is 2.70. The lowest BCUT2D eigenvalue weighted by Crippen LogP contribution is -2.22. The highest BCUT2D eigenvalue weighted by molar-refractivity contribution is 7.16. The van der Waals surface area contributed by atoms with Crippen molar-refractivity contribution in [1.82, 2.24) is 4.57 Å². The van der Waals surface area contributed by atoms with E-state index in [0.29, 0.717) is 16.3 Å². The Bertz CT molecular complexity index is 1130. The number of aromatic nitrogens is 1. The highest BCUT2D eigenvalue weighted by atomic mass is 32.1. The van der Waals surface area contributed by atoms with Gasteiger partial charge in [-0.15, -0.1) is 11.3 Å². The van der Waals surface area contributed by atoms with Crippen LogP contribution in [0.1, 0.15) is 11.8 Å². The summed E-state index contributed by atoms with van der Waals surface area (Å²) in [6.45, 7) is 2.14. The van der Waals surface area contributed by atoms with Gasteiger partial charge in [0, 0.05) is 23.1 Å². The van der Waals surface area contributed by atoms with E-state index in [-0.39, 0.29) is 19.9 Å². The van der Waals surface area contributed by atoms with Gasteiger partial charge in [0.2, 0.25) is 6.79 Å². The van der Waals surface area contributed by atoms with E-state index in [1.807, 2.05) is 23.6 Å². The van der Waals surface area contributed by atoms with Crippen molar-refractivity contribution in [2.75, 3.05) is 13.4 Å². The molecule has 0 N–H and O–H groups in total. The summed E-state index contributed by atoms with van der Waals surface area (Å²) in [4.78, 5) is 30.0. The van der Waals surface area contributed by atoms with Gasteiger partial charge in [0.1, 0.15) is 6.54 Å². The number of esters is 1. The topological polar surface area (TPSA) is 79.1 Å². The van der Waals surface area contributed by atoms with E-state index in [1.165, 1.54) is 28.7 Å². The number of ether oxygens (including phenoxy) is 3. The number of hydrogen-bond acceptors (Lipinski definition) is 7. The van der Waals surface area contributed by atoms with Crippen LogP contribution in [0.5, 0.6) is 11.5 Å². The summed E-state index contributed by atoms with van der Waals surface area (Å²) in [6, 6.07) is 7.44. The van der Waals surface area contributed by atoms with E-state index >= 15 is 0 Å². The Morgan fingerprint density at radius 1 is 1.32 bits per heavy atom. The first kappa shape index (κ1) is 18.5. The van der Waals surface area contributed by atoms with Crippen LogP contribution in [-0.2, 0) is 20.9 Å². The highest BCUT2D eigenvalue weighted by Gasteiger charge is 2.19. The van der Waals surface area contributed by atoms with Crippen molar-refractivity contribution in [1.29, 1.82) is 0 Å². The van der Waals surface area contributed by atoms with Gasteiger partial charge in [-0.2, -0.15) is 4.99 Å². The second-order valence-electron chi connectivity index (χ2n) is 5.75. The van der Waals surface area contributed by atoms with Gasteiger partial charge in [-0.25, -0.2) is 0 Å². The van der Waals surface area contributed by atoms with Gasteiger partial charge in [0.05, 0.1) is 16.8 Å². The molecule has 1 aromatic carbocycles. The minimum Gasteiger partial charge on any atom is -0.465 e. The van der Waals surface area contributed by atoms with Gasteiger partial charge >= 0.3 is 5.97 Å². The molecule has 0 bridgehead atoms. The van der Waals surface area contributed by atoms with Crippen LogP contribution in [0, 0.1) is 0 Å². The lowest BCUT2D eigenvalue weighted by atomic mass is 10.3. The van der Waals surface area contributed by atoms with Gasteiger partial charge in [-0.3, -0.25) is 9.59 Å². The number of carbonyl (C=O) groups excluding carboxylic acids is 2. The molecule has 0 saturated carbocycles. The first-order valence-corrected chi connectivity index (χ1v) is 10.2. The SMILES string of the molecule is CCOC(=O)Cn1c(=NC(=O)/C=C/c2cccs2)sc2cc3c(cc21)OCO3. The van der Waals surface area contributed by atoms with E-state index in [2.05, 4.69) is 4.99 Å². The van der Waals surface area contributed by atoms with Crippen molar-refractivity contribution in [3.63, 3.8) is 0 Å². The van der Waals surface area contributed by atoms with Crippen LogP contribution in [0.3, 0.4) is 0 Å². The monoisotopic (exact) mass is 416 g/mol. The number of thiophene rings is 1. The summed E-state index contributed by atoms with van der Waals surface area (Å²) in [5.74, 6) is 0.423. The molecule has 1 aliphatic rings. The first-order chi connectivity index (χ1) is 13.6. The third-order valence-corrected chi connectivity index (χ3v) is 5.79. The molecule has 7 nitrogen and oxygen atoms in total. The number of hydrogen-bond donors (Lipinski definition) is 0. The molecule has 9 heteroatoms. The van der Waals surface area contributed by atoms with Crippen molar-refractivity contribution in [2.45, 2.75) is 13.5 Å². The molecule has 0 atom stereocenters. The molecule has 28 heavy (non-hydrogen) atoms. The van der Waals surface area contributed by atoms with Gasteiger partial charge in [0.15, 0.2) is 16.3 Å². The molecular weight excluding hydrogens is 400 g/mol. The molecule has 0 radical (unpaired) electrons. The molecule has 144 valence electrons. The number of benzene rings is 1. The maximum atomic E-state index is 12.3. The number of nitrogens with zero attached hydrogens (tertiary/aromatic N) is 2. The highest BCUT2D eigenvalue weighted by Crippen LogP contribution is 2.37. The lowest BCUT2D eigenvalue weighted by Gasteiger charge is -2.05. The van der Waals surface area contributed by atoms with Gasteiger partial charge < -0.3 is 18.8 Å². The van der Waals surface area contributed by atoms with Crippen molar-refractivity contribution in [2.24, 2.45) is 4.99 Å². The normalized spacial score (nSPS) is 13.5. The van der Waals surface area contributed by atoms with Crippen molar-refractivity contribution >= 4 is 50.8 Å². The Morgan fingerprint density at radius 3 is 2.89 bits per heavy atom. The van der Waals surface area contributed by atoms with E-state index in [0.717, 1.165) is 15.1 Å². The van der Waals surface area contributed by atoms with E-state index in [1.54, 1.807) is 23.6 Å². The summed E-state index contributed by atoms with van der Waals surface area (Å²) in [6.07, 6.45) is 3.13. The van der Waals surface area contributed by atoms with Crippen LogP contribution in [0.2, 0.25) is 0 Å². The molecule has 3 aromatic rings. The predicted octanol–water partition coefficient (Wildman–Crippen LogP) is 3.20. The average Bonchev–Trinajstić information content (AvgIpc) is 3.40. The largest absolute Gasteiger partial charge is 0.465 e. The van der Waals surface area contributed by atoms with Crippen LogP contribution in [-0.4, -0.2) is 29.8 Å². The zero-order valence-electron chi connectivity index (χ0n) is 14.9. The molecule has 0 fully saturated rings. The summed E-state index contributed by atoms with van der Waals surface area (Å²) >= 11 is 2.83. The summed E-state index contributed by atoms with van der Waals surface area (Å²) < 4.78 is 18.4. The Kier molecular flexibility index (Phi) is 5.27. The van der Waals surface area contributed by atoms with E-state index in [9.17, 15) is 9.59 Å². The molecule has 2 aromatic heterocycles. The van der Waals surface area contributed by atoms with Crippen LogP contribution in [0.4, 0.5) is 0 Å². The molecule has 0 spiro atoms. The van der Waals surface area contributed by atoms with Crippen LogP contribution in [0.15, 0.2) is 40.7 Å². The second-order valence-corrected chi connectivity index (χ2v) is 7.74. The molecule has 3 heterocycles. The first-order valence-electron chi connectivity index (χ1n) is 8.53. The molecule has 1 aliphatic heterocycles. The Balaban J connectivity index is 1.75. The summed E-state index contributed by atoms with van der Waals surface area (Å²) in [5, 5.41) is 1.93. The van der Waals surface area contributed by atoms with Gasteiger partial charge in [-0.1, -0.05) is 17.4 Å². The predicted molar refractivity (Wildman–Crippen MR) is 106 cm³/mol. The minimum absolute atomic E-state index is 0.0474. The second kappa shape index (κ2) is 7.99. The van der Waals surface area contributed by atoms with Crippen LogP contribution in [0.25, 0.3) is 16.3 Å². The fraction of sp³-hybridized carbons (Fsp3) is 0.211. The van der Waals surface area contributed by atoms with Crippen molar-refractivity contribution < 1.29 is 23.8 Å². The third-order valence-electron chi connectivity index (χ3n) is 3.91. The van der Waals surface area contributed by atoms with Crippen LogP contribution < -0.4 is 14.3 Å². The number of carbonyl (C=O) groups is 2. The van der Waals surface area contributed by atoms with Crippen LogP contribution >= 0.6 is 22.7 Å². The number of rotatable bonds is 5. The Labute approximate surface area is 168 Å². The minimum atomic E-state index is -0.405. The zero-order chi connectivity index (χ0) is 19.5. The maximum Gasteiger partial charge on any atom is 0.326 e. The molecule has 4 rings (SSSR count). The van der Waals surface area contributed by atoms with Crippen molar-refractivity contribution in [3.05, 3.63) is 45.4 Å². The number of amides is 1. The molecule has 0 unspecified atom stereocenters. The quantitative estimate of drug-likeness (QED) is 0.471. The van der Waals surface area contributed by atoms with Gasteiger partial charge in [-0.05, 0) is 24.4 Å². The average molecular weight is 416 g/mol. The smallest absolute Gasteiger partial charge is 0.326 e. The standard InChI is InChI=1S/C19H16N2O5S2/c1-2-24-18(23)10-21-13-8-14-15(26-11-25-14)9-16(13)28-19(21)20-17(22)6-5-12-4-3-7-27-12/h3-9H,2,10-11H2,1H3/b6-5+,20-19?. The Hall–Kier alpha value is -2.91. The zero-order valence-corrected chi connectivity index (χ0v) is 16.5. The molecule has 0 saturated heterocycles. The maximum absolute atomic E-state index is 12.3. The summed E-state index contributed by atoms with van der Waals surface area (Å²) in [5.41, 5.74) is 0.732. The molecule has 1 amide bonds. The molecular formula is C19H16N2O5S2. The Morgan fingerprint density at radius 2 is 2.14 bits per heavy atom. The van der Waals surface area contributed by atoms with E-state index in [4.69, 9.17) is 14.2 Å². The van der Waals surface area contributed by atoms with Crippen molar-refractivity contribution in [3.8, 4) is 11.5 Å². The van der Waals surface area contributed by atoms with Gasteiger partial charge in [0.25, 0.3) is 5.91 Å². The molecule has 0 aliphatic carbocycles. The fourth-order valence-corrected chi connectivity index (χ4v) is 4.37.